The Bertz CT molecular complexity index is 2160. The van der Waals surface area contributed by atoms with E-state index in [1.165, 1.54) is 50.9 Å². The molecule has 2 heterocycles. The normalized spacial score (nSPS) is 14.8. The van der Waals surface area contributed by atoms with Crippen LogP contribution in [0.3, 0.4) is 0 Å². The van der Waals surface area contributed by atoms with E-state index in [1.807, 2.05) is 48.5 Å². The number of carbonyl (C=O) groups excluding carboxylic acids is 3. The molecule has 3 amide bonds. The summed E-state index contributed by atoms with van der Waals surface area (Å²) in [6.45, 7) is 3.93. The van der Waals surface area contributed by atoms with Crippen molar-refractivity contribution in [3.05, 3.63) is 119 Å². The Balaban J connectivity index is 0.000000312. The summed E-state index contributed by atoms with van der Waals surface area (Å²) in [5.41, 5.74) is 8.85. The number of fused-ring (bicyclic) bond motifs is 6. The van der Waals surface area contributed by atoms with Crippen molar-refractivity contribution in [1.82, 2.24) is 20.9 Å². The number of aliphatic hydroxyl groups is 4. The number of nitrogens with one attached hydrogen (secondary N) is 3. The summed E-state index contributed by atoms with van der Waals surface area (Å²) < 4.78 is 11.0. The number of carbonyl (C=O) groups is 4. The molecule has 4 aliphatic rings. The molecule has 2 saturated heterocycles. The zero-order valence-corrected chi connectivity index (χ0v) is 41.5. The summed E-state index contributed by atoms with van der Waals surface area (Å²) in [6.07, 6.45) is 5.73. The highest BCUT2D eigenvalue weighted by Crippen LogP contribution is 2.45. The summed E-state index contributed by atoms with van der Waals surface area (Å²) in [6, 6.07) is 32.9. The number of aliphatic hydroxyl groups excluding tert-OH is 4. The van der Waals surface area contributed by atoms with Crippen molar-refractivity contribution < 1.29 is 54.2 Å². The first-order valence-corrected chi connectivity index (χ1v) is 24.5. The fraction of sp³-hybridized carbons (Fsp3) is 0.481. The fourth-order valence-corrected chi connectivity index (χ4v) is 8.94. The SMILES string of the molecule is C.CCl.Cl.O=C(NCCCCCC(=O)N1CC(CO)(CO)C1)OCC1c2ccccc2-c2ccccc21.O=C(O)CCCCCNC(=O)OCC1c2ccccc2-c2ccccc21.OCC1(CO)CNC1. The number of amides is 3. The van der Waals surface area contributed by atoms with Gasteiger partial charge >= 0.3 is 18.2 Å². The Morgan fingerprint density at radius 3 is 1.24 bits per heavy atom. The van der Waals surface area contributed by atoms with E-state index in [0.29, 0.717) is 52.2 Å². The first-order chi connectivity index (χ1) is 33.6. The summed E-state index contributed by atoms with van der Waals surface area (Å²) >= 11 is 4.64. The quantitative estimate of drug-likeness (QED) is 0.0317. The van der Waals surface area contributed by atoms with Crippen LogP contribution in [0.25, 0.3) is 22.3 Å². The minimum Gasteiger partial charge on any atom is -0.481 e. The van der Waals surface area contributed by atoms with Crippen molar-refractivity contribution in [2.45, 2.75) is 70.6 Å². The smallest absolute Gasteiger partial charge is 0.407 e. The Hall–Kier alpha value is -5.26. The Morgan fingerprint density at radius 1 is 0.577 bits per heavy atom. The summed E-state index contributed by atoms with van der Waals surface area (Å²) in [7, 11) is 0. The van der Waals surface area contributed by atoms with Gasteiger partial charge in [-0.25, -0.2) is 9.59 Å². The standard InChI is InChI=1S/C26H32N2O5.C21H23NO4.C5H11NO2.CH3Cl.CH4.ClH/c29-17-26(18-30)15-28(16-26)24(31)12-2-1-7-13-27-25(32)33-14-23-21-10-5-3-8-19(21)20-9-4-6-11-22(20)23;23-20(24)12-2-1-7-13-22-21(25)26-14-19-17-10-5-3-8-15(17)16-9-4-6-11-18(16)19;7-3-5(4-8)1-6-2-5;1-2;;/h3-6,8-11,23,29-30H,1-2,7,12-18H2,(H,27,32);3-6,8-11,19H,1-2,7,12-14H2,(H,22,25)(H,23,24);6-8H,1-4H2;1H3;1H4;1H. The van der Waals surface area contributed by atoms with Gasteiger partial charge in [0.15, 0.2) is 0 Å². The molecule has 0 atom stereocenters. The van der Waals surface area contributed by atoms with Crippen molar-refractivity contribution in [1.29, 1.82) is 0 Å². The van der Waals surface area contributed by atoms with Gasteiger partial charge in [-0.15, -0.1) is 24.0 Å². The number of hydrogen-bond acceptors (Lipinski definition) is 11. The summed E-state index contributed by atoms with van der Waals surface area (Å²) in [5, 5.41) is 53.0. The summed E-state index contributed by atoms with van der Waals surface area (Å²) in [5.74, 6) is -0.624. The largest absolute Gasteiger partial charge is 0.481 e. The van der Waals surface area contributed by atoms with Crippen LogP contribution in [0.2, 0.25) is 0 Å². The second-order valence-electron chi connectivity index (χ2n) is 18.0. The number of carboxylic acid groups (broad SMARTS) is 1. The maximum atomic E-state index is 12.2. The van der Waals surface area contributed by atoms with E-state index in [-0.39, 0.29) is 75.8 Å². The van der Waals surface area contributed by atoms with Gasteiger partial charge in [0.25, 0.3) is 0 Å². The van der Waals surface area contributed by atoms with Gasteiger partial charge in [-0.2, -0.15) is 0 Å². The van der Waals surface area contributed by atoms with E-state index in [1.54, 1.807) is 4.90 Å². The van der Waals surface area contributed by atoms with E-state index < -0.39 is 23.6 Å². The molecule has 4 aromatic rings. The predicted octanol–water partition coefficient (Wildman–Crippen LogP) is 7.54. The topological polar surface area (TPSA) is 227 Å². The van der Waals surface area contributed by atoms with Gasteiger partial charge in [0.2, 0.25) is 5.91 Å². The number of alkyl carbamates (subject to hydrolysis) is 2. The highest BCUT2D eigenvalue weighted by molar-refractivity contribution is 6.15. The third-order valence-corrected chi connectivity index (χ3v) is 13.1. The van der Waals surface area contributed by atoms with Crippen LogP contribution in [0.5, 0.6) is 0 Å². The van der Waals surface area contributed by atoms with Crippen molar-refractivity contribution in [2.24, 2.45) is 10.8 Å². The Labute approximate surface area is 429 Å². The first kappa shape index (κ1) is 60.0. The number of ether oxygens (including phenoxy) is 2. The average Bonchev–Trinajstić information content (AvgIpc) is 3.85. The van der Waals surface area contributed by atoms with Gasteiger partial charge in [0.1, 0.15) is 13.2 Å². The molecule has 8 rings (SSSR count). The van der Waals surface area contributed by atoms with Crippen LogP contribution in [0.4, 0.5) is 9.59 Å². The average molecular weight is 1030 g/mol. The molecule has 4 aromatic carbocycles. The molecule has 0 saturated carbocycles. The molecule has 0 radical (unpaired) electrons. The van der Waals surface area contributed by atoms with Gasteiger partial charge in [0, 0.05) is 75.7 Å². The van der Waals surface area contributed by atoms with E-state index in [4.69, 9.17) is 24.8 Å². The molecule has 15 nitrogen and oxygen atoms in total. The number of unbranched alkanes of at least 4 members (excludes halogenated alkanes) is 4. The molecule has 0 spiro atoms. The molecule has 0 aromatic heterocycles. The molecule has 390 valence electrons. The molecule has 0 bridgehead atoms. The van der Waals surface area contributed by atoms with Crippen molar-refractivity contribution in [3.63, 3.8) is 0 Å². The summed E-state index contributed by atoms with van der Waals surface area (Å²) in [4.78, 5) is 48.4. The van der Waals surface area contributed by atoms with Crippen LogP contribution in [0.1, 0.15) is 92.9 Å². The second-order valence-corrected chi connectivity index (χ2v) is 18.0. The van der Waals surface area contributed by atoms with Gasteiger partial charge in [-0.1, -0.05) is 117 Å². The van der Waals surface area contributed by atoms with Crippen LogP contribution >= 0.6 is 24.0 Å². The maximum Gasteiger partial charge on any atom is 0.407 e. The van der Waals surface area contributed by atoms with Crippen molar-refractivity contribution >= 4 is 48.1 Å². The highest BCUT2D eigenvalue weighted by atomic mass is 35.5. The number of carboxylic acids is 1. The van der Waals surface area contributed by atoms with Gasteiger partial charge in [-0.05, 0) is 70.2 Å². The van der Waals surface area contributed by atoms with E-state index in [0.717, 1.165) is 45.2 Å². The second kappa shape index (κ2) is 30.6. The fourth-order valence-electron chi connectivity index (χ4n) is 8.94. The lowest BCUT2D eigenvalue weighted by Crippen LogP contribution is -2.61. The molecule has 2 aliphatic heterocycles. The van der Waals surface area contributed by atoms with Crippen LogP contribution in [0.15, 0.2) is 97.1 Å². The van der Waals surface area contributed by atoms with Crippen LogP contribution in [0, 0.1) is 10.8 Å². The number of nitrogens with zero attached hydrogens (tertiary/aromatic N) is 1. The predicted molar refractivity (Wildman–Crippen MR) is 279 cm³/mol. The number of rotatable bonds is 20. The van der Waals surface area contributed by atoms with Crippen LogP contribution in [-0.4, -0.2) is 140 Å². The minimum absolute atomic E-state index is 0. The monoisotopic (exact) mass is 1020 g/mol. The van der Waals surface area contributed by atoms with Gasteiger partial charge in [0.05, 0.1) is 31.8 Å². The number of aliphatic carboxylic acids is 1. The maximum absolute atomic E-state index is 12.2. The molecule has 2 aliphatic carbocycles. The third kappa shape index (κ3) is 16.4. The zero-order chi connectivity index (χ0) is 49.7. The lowest BCUT2D eigenvalue weighted by Gasteiger charge is -2.48. The lowest BCUT2D eigenvalue weighted by molar-refractivity contribution is -0.150. The number of halogens is 2. The van der Waals surface area contributed by atoms with Gasteiger partial charge in [-0.3, -0.25) is 9.59 Å². The molecule has 71 heavy (non-hydrogen) atoms. The minimum atomic E-state index is -0.783. The number of likely N-dealkylation sites (tertiary alicyclic amines) is 1. The third-order valence-electron chi connectivity index (χ3n) is 13.1. The first-order valence-electron chi connectivity index (χ1n) is 23.8. The van der Waals surface area contributed by atoms with Crippen molar-refractivity contribution in [3.8, 4) is 22.3 Å². The molecule has 0 unspecified atom stereocenters. The van der Waals surface area contributed by atoms with E-state index in [9.17, 15) is 29.4 Å². The zero-order valence-electron chi connectivity index (χ0n) is 40.0. The van der Waals surface area contributed by atoms with Crippen LogP contribution < -0.4 is 16.0 Å². The van der Waals surface area contributed by atoms with Crippen molar-refractivity contribution in [2.75, 3.05) is 85.3 Å². The Morgan fingerprint density at radius 2 is 0.930 bits per heavy atom. The molecule has 17 heteroatoms. The molecule has 2 fully saturated rings. The number of alkyl halides is 1. The van der Waals surface area contributed by atoms with Crippen LogP contribution in [-0.2, 0) is 19.1 Å². The Kier molecular flexibility index (Phi) is 25.9. The van der Waals surface area contributed by atoms with Gasteiger partial charge < -0.3 is 55.9 Å². The molecular formula is C54H74Cl2N4O11. The number of hydrogen-bond donors (Lipinski definition) is 8. The molecular weight excluding hydrogens is 952 g/mol. The lowest BCUT2D eigenvalue weighted by atomic mass is 9.81. The number of benzene rings is 4. The van der Waals surface area contributed by atoms with E-state index in [2.05, 4.69) is 76.1 Å². The van der Waals surface area contributed by atoms with E-state index >= 15 is 0 Å². The highest BCUT2D eigenvalue weighted by Gasteiger charge is 2.44. The molecule has 8 N–H and O–H groups in total.